The Hall–Kier alpha value is -2.32. The molecule has 0 aliphatic carbocycles. The molecule has 1 aromatic heterocycles. The highest BCUT2D eigenvalue weighted by Gasteiger charge is 2.51. The Morgan fingerprint density at radius 2 is 1.91 bits per heavy atom. The number of carbonyl (C=O) groups excluding carboxylic acids is 2. The second-order valence-corrected chi connectivity index (χ2v) is 5.76. The van der Waals surface area contributed by atoms with Crippen molar-refractivity contribution < 1.29 is 22.8 Å². The first-order valence-electron chi connectivity index (χ1n) is 7.11. The van der Waals surface area contributed by atoms with Crippen molar-refractivity contribution in [2.45, 2.75) is 24.6 Å². The third kappa shape index (κ3) is 2.60. The molecule has 2 aliphatic rings. The molecular formula is C14H15F3N4O2. The van der Waals surface area contributed by atoms with E-state index in [4.69, 9.17) is 0 Å². The van der Waals surface area contributed by atoms with Crippen LogP contribution in [-0.4, -0.2) is 47.5 Å². The number of piperidine rings is 1. The van der Waals surface area contributed by atoms with E-state index in [1.54, 1.807) is 4.90 Å². The average molecular weight is 328 g/mol. The molecule has 0 radical (unpaired) electrons. The topological polar surface area (TPSA) is 65.5 Å². The number of likely N-dealkylation sites (N-methyl/N-ethyl adjacent to an activating group) is 1. The Labute approximate surface area is 130 Å². The summed E-state index contributed by atoms with van der Waals surface area (Å²) in [5.74, 6) is -0.284. The van der Waals surface area contributed by atoms with Crippen LogP contribution in [0.15, 0.2) is 18.3 Å². The van der Waals surface area contributed by atoms with E-state index in [9.17, 15) is 22.8 Å². The van der Waals surface area contributed by atoms with Gasteiger partial charge in [0.1, 0.15) is 11.2 Å². The van der Waals surface area contributed by atoms with Crippen LogP contribution in [0.3, 0.4) is 0 Å². The van der Waals surface area contributed by atoms with Gasteiger partial charge >= 0.3 is 12.2 Å². The quantitative estimate of drug-likeness (QED) is 0.796. The third-order valence-electron chi connectivity index (χ3n) is 4.38. The summed E-state index contributed by atoms with van der Waals surface area (Å²) in [7, 11) is 1.41. The van der Waals surface area contributed by atoms with Gasteiger partial charge < -0.3 is 10.2 Å². The number of rotatable bonds is 1. The number of alkyl halides is 3. The zero-order chi connectivity index (χ0) is 16.8. The fraction of sp³-hybridized carbons (Fsp3) is 0.500. The van der Waals surface area contributed by atoms with Crippen LogP contribution in [0.5, 0.6) is 0 Å². The summed E-state index contributed by atoms with van der Waals surface area (Å²) in [6.45, 7) is 0.752. The number of imide groups is 1. The molecule has 0 saturated carbocycles. The smallest absolute Gasteiger partial charge is 0.371 e. The van der Waals surface area contributed by atoms with E-state index in [1.165, 1.54) is 13.1 Å². The van der Waals surface area contributed by atoms with Crippen LogP contribution in [0.4, 0.5) is 23.7 Å². The van der Waals surface area contributed by atoms with Gasteiger partial charge in [0.15, 0.2) is 0 Å². The van der Waals surface area contributed by atoms with Crippen LogP contribution in [0.1, 0.15) is 18.5 Å². The van der Waals surface area contributed by atoms with Crippen molar-refractivity contribution in [2.75, 3.05) is 25.0 Å². The maximum atomic E-state index is 12.7. The fourth-order valence-electron chi connectivity index (χ4n) is 3.01. The molecule has 6 nitrogen and oxygen atoms in total. The van der Waals surface area contributed by atoms with Gasteiger partial charge in [0.25, 0.3) is 5.91 Å². The SMILES string of the molecule is CN1C(=O)NC2(CCN(c3ccnc(C(F)(F)F)c3)CC2)C1=O. The molecule has 1 N–H and O–H groups in total. The van der Waals surface area contributed by atoms with Crippen molar-refractivity contribution in [1.29, 1.82) is 0 Å². The molecule has 0 unspecified atom stereocenters. The maximum Gasteiger partial charge on any atom is 0.433 e. The molecule has 3 heterocycles. The summed E-state index contributed by atoms with van der Waals surface area (Å²) in [4.78, 5) is 29.9. The summed E-state index contributed by atoms with van der Waals surface area (Å²) in [6.07, 6.45) is -2.67. The minimum Gasteiger partial charge on any atom is -0.371 e. The zero-order valence-electron chi connectivity index (χ0n) is 12.4. The lowest BCUT2D eigenvalue weighted by atomic mass is 9.87. The predicted octanol–water partition coefficient (Wildman–Crippen LogP) is 1.62. The molecule has 2 saturated heterocycles. The minimum atomic E-state index is -4.49. The molecule has 2 aliphatic heterocycles. The first-order valence-corrected chi connectivity index (χ1v) is 7.11. The lowest BCUT2D eigenvalue weighted by molar-refractivity contribution is -0.141. The Bertz CT molecular complexity index is 654. The highest BCUT2D eigenvalue weighted by atomic mass is 19.4. The molecule has 1 spiro atoms. The number of amides is 3. The molecule has 0 atom stereocenters. The highest BCUT2D eigenvalue weighted by Crippen LogP contribution is 2.33. The van der Waals surface area contributed by atoms with Crippen molar-refractivity contribution in [3.63, 3.8) is 0 Å². The zero-order valence-corrected chi connectivity index (χ0v) is 12.4. The van der Waals surface area contributed by atoms with E-state index in [2.05, 4.69) is 10.3 Å². The fourth-order valence-corrected chi connectivity index (χ4v) is 3.01. The number of anilines is 1. The van der Waals surface area contributed by atoms with E-state index < -0.39 is 23.4 Å². The van der Waals surface area contributed by atoms with Gasteiger partial charge in [-0.15, -0.1) is 0 Å². The summed E-state index contributed by atoms with van der Waals surface area (Å²) in [5.41, 5.74) is -1.46. The van der Waals surface area contributed by atoms with Crippen LogP contribution in [-0.2, 0) is 11.0 Å². The van der Waals surface area contributed by atoms with E-state index in [-0.39, 0.29) is 5.91 Å². The number of nitrogens with one attached hydrogen (secondary N) is 1. The second kappa shape index (κ2) is 5.10. The lowest BCUT2D eigenvalue weighted by Crippen LogP contribution is -2.55. The van der Waals surface area contributed by atoms with Crippen LogP contribution in [0.25, 0.3) is 0 Å². The van der Waals surface area contributed by atoms with Crippen molar-refractivity contribution in [2.24, 2.45) is 0 Å². The molecule has 9 heteroatoms. The maximum absolute atomic E-state index is 12.7. The van der Waals surface area contributed by atoms with Crippen LogP contribution in [0, 0.1) is 0 Å². The van der Waals surface area contributed by atoms with Gasteiger partial charge in [0.05, 0.1) is 0 Å². The molecule has 124 valence electrons. The van der Waals surface area contributed by atoms with Crippen LogP contribution < -0.4 is 10.2 Å². The molecule has 23 heavy (non-hydrogen) atoms. The summed E-state index contributed by atoms with van der Waals surface area (Å²) in [6, 6.07) is 2.07. The van der Waals surface area contributed by atoms with E-state index in [1.807, 2.05) is 0 Å². The second-order valence-electron chi connectivity index (χ2n) is 5.76. The third-order valence-corrected chi connectivity index (χ3v) is 4.38. The Morgan fingerprint density at radius 1 is 1.26 bits per heavy atom. The molecule has 0 aromatic carbocycles. The first kappa shape index (κ1) is 15.6. The number of nitrogens with zero attached hydrogens (tertiary/aromatic N) is 3. The standard InChI is InChI=1S/C14H15F3N4O2/c1-20-11(22)13(19-12(20)23)3-6-21(7-4-13)9-2-5-18-10(8-9)14(15,16)17/h2,5,8H,3-4,6-7H2,1H3,(H,19,23). The summed E-state index contributed by atoms with van der Waals surface area (Å²) < 4.78 is 38.2. The van der Waals surface area contributed by atoms with Gasteiger partial charge in [-0.3, -0.25) is 14.7 Å². The number of hydrogen-bond donors (Lipinski definition) is 1. The largest absolute Gasteiger partial charge is 0.433 e. The van der Waals surface area contributed by atoms with Gasteiger partial charge in [-0.25, -0.2) is 4.79 Å². The number of urea groups is 1. The molecule has 2 fully saturated rings. The van der Waals surface area contributed by atoms with Crippen LogP contribution >= 0.6 is 0 Å². The summed E-state index contributed by atoms with van der Waals surface area (Å²) >= 11 is 0. The number of hydrogen-bond acceptors (Lipinski definition) is 4. The van der Waals surface area contributed by atoms with Crippen molar-refractivity contribution in [3.8, 4) is 0 Å². The van der Waals surface area contributed by atoms with E-state index in [0.717, 1.165) is 17.2 Å². The lowest BCUT2D eigenvalue weighted by Gasteiger charge is -2.38. The normalized spacial score (nSPS) is 21.0. The minimum absolute atomic E-state index is 0.284. The monoisotopic (exact) mass is 328 g/mol. The Morgan fingerprint density at radius 3 is 2.43 bits per heavy atom. The number of halogens is 3. The van der Waals surface area contributed by atoms with Gasteiger partial charge in [0.2, 0.25) is 0 Å². The van der Waals surface area contributed by atoms with Crippen molar-refractivity contribution in [1.82, 2.24) is 15.2 Å². The first-order chi connectivity index (χ1) is 10.7. The molecule has 3 rings (SSSR count). The van der Waals surface area contributed by atoms with Crippen molar-refractivity contribution in [3.05, 3.63) is 24.0 Å². The van der Waals surface area contributed by atoms with Gasteiger partial charge in [-0.2, -0.15) is 13.2 Å². The molecule has 1 aromatic rings. The van der Waals surface area contributed by atoms with Gasteiger partial charge in [0, 0.05) is 32.0 Å². The predicted molar refractivity (Wildman–Crippen MR) is 74.7 cm³/mol. The molecule has 3 amide bonds. The molecular weight excluding hydrogens is 313 g/mol. The number of aromatic nitrogens is 1. The van der Waals surface area contributed by atoms with E-state index >= 15 is 0 Å². The van der Waals surface area contributed by atoms with Crippen LogP contribution in [0.2, 0.25) is 0 Å². The Balaban J connectivity index is 1.75. The van der Waals surface area contributed by atoms with Crippen molar-refractivity contribution >= 4 is 17.6 Å². The molecule has 0 bridgehead atoms. The number of pyridine rings is 1. The van der Waals surface area contributed by atoms with Gasteiger partial charge in [-0.1, -0.05) is 0 Å². The highest BCUT2D eigenvalue weighted by molar-refractivity contribution is 6.06. The number of carbonyl (C=O) groups is 2. The Kier molecular flexibility index (Phi) is 3.46. The van der Waals surface area contributed by atoms with E-state index in [0.29, 0.717) is 31.6 Å². The average Bonchev–Trinajstić information content (AvgIpc) is 2.72. The summed E-state index contributed by atoms with van der Waals surface area (Å²) in [5, 5.41) is 2.69. The van der Waals surface area contributed by atoms with Gasteiger partial charge in [-0.05, 0) is 25.0 Å².